The Kier molecular flexibility index (Phi) is 7.41. The van der Waals surface area contributed by atoms with Gasteiger partial charge in [-0.15, -0.1) is 0 Å². The van der Waals surface area contributed by atoms with Gasteiger partial charge in [-0.05, 0) is 0 Å². The SMILES string of the molecule is CONO[NH+]([O-])C[I-][NH+](C)[O-]. The van der Waals surface area contributed by atoms with E-state index >= 15 is 0 Å². The first kappa shape index (κ1) is 11.4. The van der Waals surface area contributed by atoms with E-state index in [2.05, 4.69) is 9.78 Å². The first-order chi connectivity index (χ1) is 5.16. The van der Waals surface area contributed by atoms with Gasteiger partial charge in [-0.2, -0.15) is 0 Å². The molecule has 11 heavy (non-hydrogen) atoms. The molecule has 0 bridgehead atoms. The van der Waals surface area contributed by atoms with E-state index in [1.54, 1.807) is 0 Å². The van der Waals surface area contributed by atoms with Crippen LogP contribution in [0.1, 0.15) is 0 Å². The van der Waals surface area contributed by atoms with Crippen molar-refractivity contribution in [1.29, 1.82) is 0 Å². The predicted octanol–water partition coefficient (Wildman–Crippen LogP) is -6.66. The zero-order valence-electron chi connectivity index (χ0n) is 6.22. The van der Waals surface area contributed by atoms with Gasteiger partial charge in [0.05, 0.1) is 0 Å². The fourth-order valence-corrected chi connectivity index (χ4v) is 1.27. The summed E-state index contributed by atoms with van der Waals surface area (Å²) in [4.78, 5) is 8.56. The number of quaternary nitrogens is 2. The average molecular weight is 280 g/mol. The van der Waals surface area contributed by atoms with Crippen LogP contribution < -0.4 is 35.6 Å². The minimum atomic E-state index is -0.702. The van der Waals surface area contributed by atoms with Crippen molar-refractivity contribution in [3.63, 3.8) is 0 Å². The molecule has 0 saturated heterocycles. The first-order valence-corrected chi connectivity index (χ1v) is 5.34. The molecule has 0 fully saturated rings. The average Bonchev–Trinajstić information content (AvgIpc) is 1.97. The van der Waals surface area contributed by atoms with Crippen molar-refractivity contribution in [1.82, 2.24) is 5.64 Å². The van der Waals surface area contributed by atoms with Gasteiger partial charge in [-0.25, -0.2) is 0 Å². The Labute approximate surface area is 74.9 Å². The van der Waals surface area contributed by atoms with Gasteiger partial charge in [0.15, 0.2) is 0 Å². The van der Waals surface area contributed by atoms with Crippen molar-refractivity contribution < 1.29 is 39.8 Å². The van der Waals surface area contributed by atoms with E-state index in [0.717, 1.165) is 0 Å². The van der Waals surface area contributed by atoms with Crippen molar-refractivity contribution in [3.05, 3.63) is 10.4 Å². The molecule has 2 unspecified atom stereocenters. The molecule has 0 radical (unpaired) electrons. The second kappa shape index (κ2) is 7.12. The number of hydrogen-bond donors (Lipinski definition) is 3. The van der Waals surface area contributed by atoms with Crippen LogP contribution >= 0.6 is 0 Å². The van der Waals surface area contributed by atoms with Crippen LogP contribution in [0.25, 0.3) is 0 Å². The zero-order chi connectivity index (χ0) is 8.69. The molecule has 0 aromatic carbocycles. The van der Waals surface area contributed by atoms with Gasteiger partial charge in [0.25, 0.3) is 0 Å². The molecule has 0 aromatic heterocycles. The summed E-state index contributed by atoms with van der Waals surface area (Å²) in [5.41, 5.74) is 1.93. The van der Waals surface area contributed by atoms with E-state index < -0.39 is 26.7 Å². The molecule has 0 aliphatic carbocycles. The Hall–Kier alpha value is 0.450. The maximum atomic E-state index is 10.6. The van der Waals surface area contributed by atoms with E-state index in [9.17, 15) is 10.4 Å². The summed E-state index contributed by atoms with van der Waals surface area (Å²) in [6.07, 6.45) is 0. The summed E-state index contributed by atoms with van der Waals surface area (Å²) in [5, 5.41) is 20.6. The molecule has 0 aliphatic rings. The first-order valence-electron chi connectivity index (χ1n) is 2.74. The molecule has 70 valence electrons. The molecule has 0 aliphatic heterocycles. The van der Waals surface area contributed by atoms with Crippen LogP contribution in [-0.2, 0) is 9.78 Å². The zero-order valence-corrected chi connectivity index (χ0v) is 8.38. The third-order valence-electron chi connectivity index (χ3n) is 0.603. The summed E-state index contributed by atoms with van der Waals surface area (Å²) < 4.78 is 0.253. The van der Waals surface area contributed by atoms with E-state index in [1.807, 2.05) is 5.64 Å². The van der Waals surface area contributed by atoms with Gasteiger partial charge in [-0.1, -0.05) is 0 Å². The van der Waals surface area contributed by atoms with Gasteiger partial charge in [0, 0.05) is 0 Å². The number of rotatable bonds is 6. The molecule has 0 amide bonds. The van der Waals surface area contributed by atoms with Crippen molar-refractivity contribution in [2.45, 2.75) is 0 Å². The van der Waals surface area contributed by atoms with E-state index in [4.69, 9.17) is 0 Å². The Bertz CT molecular complexity index is 94.7. The molecular weight excluding hydrogens is 269 g/mol. The monoisotopic (exact) mass is 280 g/mol. The summed E-state index contributed by atoms with van der Waals surface area (Å²) in [5.74, 6) is 0. The normalized spacial score (nSPS) is 16.7. The van der Waals surface area contributed by atoms with E-state index in [-0.39, 0.29) is 7.83 Å². The van der Waals surface area contributed by atoms with Crippen LogP contribution in [0.4, 0.5) is 0 Å². The van der Waals surface area contributed by atoms with E-state index in [1.165, 1.54) is 14.2 Å². The summed E-state index contributed by atoms with van der Waals surface area (Å²) in [6.45, 7) is 0. The summed E-state index contributed by atoms with van der Waals surface area (Å²) in [6, 6.07) is 0. The molecule has 3 N–H and O–H groups in total. The van der Waals surface area contributed by atoms with E-state index in [0.29, 0.717) is 0 Å². The van der Waals surface area contributed by atoms with Crippen LogP contribution in [0.2, 0.25) is 0 Å². The number of alkyl halides is 1. The quantitative estimate of drug-likeness (QED) is 0.148. The topological polar surface area (TPSA) is 85.5 Å². The second-order valence-electron chi connectivity index (χ2n) is 1.50. The molecule has 2 atom stereocenters. The third kappa shape index (κ3) is 8.36. The minimum absolute atomic E-state index is 0.0677. The van der Waals surface area contributed by atoms with Gasteiger partial charge in [-0.3, -0.25) is 0 Å². The number of halogens is 1. The molecular formula is C3H11IN3O4-. The molecule has 0 rings (SSSR count). The van der Waals surface area contributed by atoms with Crippen LogP contribution in [-0.4, -0.2) is 18.7 Å². The molecule has 0 aromatic rings. The van der Waals surface area contributed by atoms with Crippen LogP contribution in [0.5, 0.6) is 0 Å². The Morgan fingerprint density at radius 2 is 2.18 bits per heavy atom. The number of nitrogens with one attached hydrogen (secondary N) is 3. The molecule has 0 spiro atoms. The van der Waals surface area contributed by atoms with Crippen LogP contribution in [0, 0.1) is 10.4 Å². The Balaban J connectivity index is 3.15. The van der Waals surface area contributed by atoms with Gasteiger partial charge in [0.1, 0.15) is 0 Å². The Morgan fingerprint density at radius 1 is 1.55 bits per heavy atom. The van der Waals surface area contributed by atoms with Crippen molar-refractivity contribution >= 4 is 0 Å². The van der Waals surface area contributed by atoms with Crippen LogP contribution in [0.15, 0.2) is 0 Å². The van der Waals surface area contributed by atoms with Gasteiger partial charge in [0.2, 0.25) is 0 Å². The van der Waals surface area contributed by atoms with Gasteiger partial charge >= 0.3 is 74.5 Å². The third-order valence-corrected chi connectivity index (χ3v) is 2.68. The molecule has 8 heteroatoms. The Morgan fingerprint density at radius 3 is 2.64 bits per heavy atom. The number of hydroxylamine groups is 3. The van der Waals surface area contributed by atoms with Crippen LogP contribution in [0.3, 0.4) is 0 Å². The summed E-state index contributed by atoms with van der Waals surface area (Å²) >= 11 is -0.702. The second-order valence-corrected chi connectivity index (χ2v) is 4.54. The summed E-state index contributed by atoms with van der Waals surface area (Å²) in [7, 11) is 2.79. The van der Waals surface area contributed by atoms with Gasteiger partial charge < -0.3 is 0 Å². The maximum absolute atomic E-state index is 10.6. The fraction of sp³-hybridized carbons (Fsp3) is 1.00. The van der Waals surface area contributed by atoms with Crippen molar-refractivity contribution in [2.75, 3.05) is 18.7 Å². The predicted molar refractivity (Wildman–Crippen MR) is 30.7 cm³/mol. The fourth-order valence-electron chi connectivity index (χ4n) is 0.264. The standard InChI is InChI=1S/C3H11IN3O4/c1-6(8)4-3-7(9)11-5-10-2/h5-7H,3H2,1-2H3/q-1. The molecule has 0 heterocycles. The van der Waals surface area contributed by atoms with Crippen molar-refractivity contribution in [3.8, 4) is 0 Å². The molecule has 7 nitrogen and oxygen atoms in total. The molecule has 0 saturated carbocycles. The van der Waals surface area contributed by atoms with Crippen molar-refractivity contribution in [2.24, 2.45) is 0 Å². The number of hydrogen-bond acceptors (Lipinski definition) is 5.